The second-order valence-electron chi connectivity index (χ2n) is 6.57. The lowest BCUT2D eigenvalue weighted by Crippen LogP contribution is -2.24. The minimum Gasteiger partial charge on any atom is -0.493 e. The van der Waals surface area contributed by atoms with Crippen molar-refractivity contribution in [3.05, 3.63) is 58.4 Å². The molecule has 0 aliphatic carbocycles. The van der Waals surface area contributed by atoms with E-state index in [-0.39, 0.29) is 5.91 Å². The van der Waals surface area contributed by atoms with Crippen molar-refractivity contribution >= 4 is 39.7 Å². The Morgan fingerprint density at radius 2 is 2.17 bits per heavy atom. The summed E-state index contributed by atoms with van der Waals surface area (Å²) in [5.41, 5.74) is 2.03. The van der Waals surface area contributed by atoms with Crippen molar-refractivity contribution in [2.75, 3.05) is 13.2 Å². The van der Waals surface area contributed by atoms with Crippen molar-refractivity contribution in [1.29, 1.82) is 0 Å². The molecule has 30 heavy (non-hydrogen) atoms. The van der Waals surface area contributed by atoms with Crippen LogP contribution in [-0.4, -0.2) is 39.2 Å². The lowest BCUT2D eigenvalue weighted by molar-refractivity contribution is 0.0953. The van der Waals surface area contributed by atoms with Gasteiger partial charge < -0.3 is 15.0 Å². The lowest BCUT2D eigenvalue weighted by Gasteiger charge is -2.11. The zero-order valence-electron chi connectivity index (χ0n) is 16.3. The summed E-state index contributed by atoms with van der Waals surface area (Å²) in [6.07, 6.45) is 3.04. The van der Waals surface area contributed by atoms with Crippen LogP contribution < -0.4 is 10.1 Å². The van der Waals surface area contributed by atoms with E-state index in [2.05, 4.69) is 20.5 Å². The monoisotopic (exact) mass is 441 g/mol. The van der Waals surface area contributed by atoms with E-state index in [1.54, 1.807) is 18.5 Å². The van der Waals surface area contributed by atoms with Crippen molar-refractivity contribution < 1.29 is 9.53 Å². The lowest BCUT2D eigenvalue weighted by atomic mass is 10.1. The van der Waals surface area contributed by atoms with Crippen LogP contribution in [0.15, 0.2) is 42.7 Å². The molecule has 0 bridgehead atoms. The molecule has 0 aliphatic heterocycles. The van der Waals surface area contributed by atoms with Gasteiger partial charge in [0.25, 0.3) is 5.91 Å². The van der Waals surface area contributed by atoms with Crippen molar-refractivity contribution in [1.82, 2.24) is 25.5 Å². The first-order chi connectivity index (χ1) is 14.6. The summed E-state index contributed by atoms with van der Waals surface area (Å²) < 4.78 is 6.52. The molecular formula is C21H20ClN5O2S. The molecule has 0 atom stereocenters. The van der Waals surface area contributed by atoms with Crippen LogP contribution in [-0.2, 0) is 6.42 Å². The Labute approximate surface area is 182 Å². The first kappa shape index (κ1) is 20.3. The molecule has 1 amide bonds. The number of rotatable bonds is 8. The zero-order chi connectivity index (χ0) is 20.9. The fourth-order valence-electron chi connectivity index (χ4n) is 3.10. The molecule has 2 N–H and O–H groups in total. The Hall–Kier alpha value is -2.97. The third-order valence-electron chi connectivity index (χ3n) is 4.50. The predicted molar refractivity (Wildman–Crippen MR) is 118 cm³/mol. The maximum Gasteiger partial charge on any atom is 0.251 e. The van der Waals surface area contributed by atoms with Crippen molar-refractivity contribution in [2.45, 2.75) is 19.8 Å². The van der Waals surface area contributed by atoms with E-state index in [0.29, 0.717) is 28.6 Å². The summed E-state index contributed by atoms with van der Waals surface area (Å²) in [5, 5.41) is 11.5. The van der Waals surface area contributed by atoms with Crippen molar-refractivity contribution in [2.24, 2.45) is 0 Å². The second kappa shape index (κ2) is 9.23. The number of amides is 1. The number of hydrogen-bond donors (Lipinski definition) is 2. The molecule has 3 aromatic heterocycles. The number of benzene rings is 1. The van der Waals surface area contributed by atoms with Crippen LogP contribution in [0, 0.1) is 0 Å². The Balaban J connectivity index is 1.54. The third-order valence-corrected chi connectivity index (χ3v) is 5.76. The van der Waals surface area contributed by atoms with E-state index in [4.69, 9.17) is 21.3 Å². The van der Waals surface area contributed by atoms with E-state index < -0.39 is 0 Å². The molecule has 3 heterocycles. The molecule has 1 aromatic carbocycles. The van der Waals surface area contributed by atoms with Gasteiger partial charge in [-0.3, -0.25) is 4.79 Å². The van der Waals surface area contributed by atoms with Gasteiger partial charge in [-0.25, -0.2) is 4.98 Å². The minimum atomic E-state index is -0.140. The molecular weight excluding hydrogens is 422 g/mol. The number of nitrogens with zero attached hydrogens (tertiary/aromatic N) is 3. The number of aryl methyl sites for hydroxylation is 1. The molecule has 9 heteroatoms. The quantitative estimate of drug-likeness (QED) is 0.393. The van der Waals surface area contributed by atoms with Gasteiger partial charge >= 0.3 is 0 Å². The fourth-order valence-corrected chi connectivity index (χ4v) is 4.11. The average molecular weight is 442 g/mol. The molecule has 154 valence electrons. The second-order valence-corrected chi connectivity index (χ2v) is 8.28. The first-order valence-electron chi connectivity index (χ1n) is 9.60. The summed E-state index contributed by atoms with van der Waals surface area (Å²) >= 11 is 7.54. The molecule has 0 radical (unpaired) electrons. The van der Waals surface area contributed by atoms with Gasteiger partial charge in [0.15, 0.2) is 0 Å². The zero-order valence-corrected chi connectivity index (χ0v) is 17.9. The van der Waals surface area contributed by atoms with Gasteiger partial charge in [-0.2, -0.15) is 0 Å². The fraction of sp³-hybridized carbons (Fsp3) is 0.238. The van der Waals surface area contributed by atoms with Gasteiger partial charge in [0.1, 0.15) is 17.9 Å². The number of pyridine rings is 1. The first-order valence-corrected chi connectivity index (χ1v) is 10.8. The highest BCUT2D eigenvalue weighted by Crippen LogP contribution is 2.35. The standard InChI is InChI=1S/C21H20ClN5O2S/c1-2-29-17-11-16(18-7-8-19(22)30-18)26-15-10-13(5-6-14(15)17)21(28)23-9-3-4-20-24-12-25-27-20/h5-8,10-12H,2-4,9H2,1H3,(H,23,28)(H,24,25,27). The van der Waals surface area contributed by atoms with Gasteiger partial charge in [0.2, 0.25) is 0 Å². The van der Waals surface area contributed by atoms with Gasteiger partial charge in [-0.1, -0.05) is 11.6 Å². The number of ether oxygens (including phenoxy) is 1. The summed E-state index contributed by atoms with van der Waals surface area (Å²) in [5.74, 6) is 1.41. The van der Waals surface area contributed by atoms with E-state index in [9.17, 15) is 4.79 Å². The van der Waals surface area contributed by atoms with Crippen LogP contribution in [0.2, 0.25) is 4.34 Å². The summed E-state index contributed by atoms with van der Waals surface area (Å²) in [4.78, 5) is 21.2. The largest absolute Gasteiger partial charge is 0.493 e. The number of hydrogen-bond acceptors (Lipinski definition) is 6. The van der Waals surface area contributed by atoms with Crippen LogP contribution in [0.5, 0.6) is 5.75 Å². The van der Waals surface area contributed by atoms with Crippen LogP contribution in [0.4, 0.5) is 0 Å². The average Bonchev–Trinajstić information content (AvgIpc) is 3.42. The summed E-state index contributed by atoms with van der Waals surface area (Å²) in [7, 11) is 0. The predicted octanol–water partition coefficient (Wildman–Crippen LogP) is 4.50. The highest BCUT2D eigenvalue weighted by atomic mass is 35.5. The molecule has 0 fully saturated rings. The van der Waals surface area contributed by atoms with Crippen molar-refractivity contribution in [3.8, 4) is 16.3 Å². The third kappa shape index (κ3) is 4.60. The smallest absolute Gasteiger partial charge is 0.251 e. The van der Waals surface area contributed by atoms with Crippen molar-refractivity contribution in [3.63, 3.8) is 0 Å². The Morgan fingerprint density at radius 1 is 1.27 bits per heavy atom. The molecule has 0 saturated carbocycles. The Kier molecular flexibility index (Phi) is 6.25. The molecule has 0 aliphatic rings. The van der Waals surface area contributed by atoms with Gasteiger partial charge in [-0.15, -0.1) is 21.5 Å². The van der Waals surface area contributed by atoms with E-state index in [1.807, 2.05) is 31.2 Å². The van der Waals surface area contributed by atoms with Crippen LogP contribution in [0.3, 0.4) is 0 Å². The van der Waals surface area contributed by atoms with Crippen LogP contribution >= 0.6 is 22.9 Å². The highest BCUT2D eigenvalue weighted by Gasteiger charge is 2.13. The molecule has 4 rings (SSSR count). The maximum atomic E-state index is 12.6. The summed E-state index contributed by atoms with van der Waals surface area (Å²) in [6, 6.07) is 11.2. The topological polar surface area (TPSA) is 92.8 Å². The minimum absolute atomic E-state index is 0.140. The summed E-state index contributed by atoms with van der Waals surface area (Å²) in [6.45, 7) is 3.02. The number of nitrogens with one attached hydrogen (secondary N) is 2. The molecule has 0 saturated heterocycles. The maximum absolute atomic E-state index is 12.6. The number of halogens is 1. The molecule has 4 aromatic rings. The van der Waals surface area contributed by atoms with E-state index in [1.165, 1.54) is 11.3 Å². The number of fused-ring (bicyclic) bond motifs is 1. The van der Waals surface area contributed by atoms with Gasteiger partial charge in [0.05, 0.1) is 27.0 Å². The van der Waals surface area contributed by atoms with Crippen LogP contribution in [0.1, 0.15) is 29.5 Å². The number of thiophene rings is 1. The normalized spacial score (nSPS) is 11.0. The number of H-pyrrole nitrogens is 1. The highest BCUT2D eigenvalue weighted by molar-refractivity contribution is 7.19. The number of carbonyl (C=O) groups excluding carboxylic acids is 1. The number of aromatic amines is 1. The number of aromatic nitrogens is 4. The molecule has 7 nitrogen and oxygen atoms in total. The molecule has 0 spiro atoms. The van der Waals surface area contributed by atoms with E-state index >= 15 is 0 Å². The number of carbonyl (C=O) groups is 1. The Bertz CT molecular complexity index is 1160. The van der Waals surface area contributed by atoms with Gasteiger partial charge in [0, 0.05) is 30.0 Å². The van der Waals surface area contributed by atoms with E-state index in [0.717, 1.165) is 40.4 Å². The Morgan fingerprint density at radius 3 is 2.90 bits per heavy atom. The SMILES string of the molecule is CCOc1cc(-c2ccc(Cl)s2)nc2cc(C(=O)NCCCc3nnc[nH]3)ccc12. The van der Waals surface area contributed by atoms with Crippen LogP contribution in [0.25, 0.3) is 21.5 Å². The van der Waals surface area contributed by atoms with Gasteiger partial charge in [-0.05, 0) is 43.7 Å². The molecule has 0 unspecified atom stereocenters.